The molecule has 120 valence electrons. The third kappa shape index (κ3) is 4.28. The van der Waals surface area contributed by atoms with Gasteiger partial charge in [0.2, 0.25) is 10.0 Å². The average Bonchev–Trinajstić information content (AvgIpc) is 2.45. The van der Waals surface area contributed by atoms with Gasteiger partial charge >= 0.3 is 0 Å². The number of hydrogen-bond donors (Lipinski definition) is 2. The van der Waals surface area contributed by atoms with Gasteiger partial charge in [0, 0.05) is 11.3 Å². The highest BCUT2D eigenvalue weighted by Crippen LogP contribution is 2.31. The van der Waals surface area contributed by atoms with E-state index in [1.54, 1.807) is 24.8 Å². The SMILES string of the molecule is CCC(CC)(CNS(=O)(=O)c1cc(N)c(Cl)cc1C)SC. The van der Waals surface area contributed by atoms with Crippen LogP contribution in [0, 0.1) is 6.92 Å². The lowest BCUT2D eigenvalue weighted by Crippen LogP contribution is -2.39. The third-order valence-corrected chi connectivity index (χ3v) is 7.35. The molecule has 0 aliphatic carbocycles. The third-order valence-electron chi connectivity index (χ3n) is 3.89. The standard InChI is InChI=1S/C14H23ClN2O2S2/c1-5-14(6-2,20-4)9-17-21(18,19)13-8-12(16)11(15)7-10(13)3/h7-8,17H,5-6,9,16H2,1-4H3. The second-order valence-electron chi connectivity index (χ2n) is 5.06. The molecular formula is C14H23ClN2O2S2. The first-order valence-corrected chi connectivity index (χ1v) is 9.90. The molecule has 0 saturated heterocycles. The van der Waals surface area contributed by atoms with E-state index in [1.165, 1.54) is 6.07 Å². The fraction of sp³-hybridized carbons (Fsp3) is 0.571. The Morgan fingerprint density at radius 1 is 1.33 bits per heavy atom. The quantitative estimate of drug-likeness (QED) is 0.739. The van der Waals surface area contributed by atoms with Crippen LogP contribution in [0.2, 0.25) is 5.02 Å². The zero-order valence-electron chi connectivity index (χ0n) is 12.9. The lowest BCUT2D eigenvalue weighted by Gasteiger charge is -2.29. The molecule has 0 spiro atoms. The summed E-state index contributed by atoms with van der Waals surface area (Å²) in [7, 11) is -3.60. The largest absolute Gasteiger partial charge is 0.397 e. The molecule has 0 aliphatic rings. The van der Waals surface area contributed by atoms with Crippen molar-refractivity contribution >= 4 is 39.1 Å². The summed E-state index contributed by atoms with van der Waals surface area (Å²) in [5.41, 5.74) is 6.57. The van der Waals surface area contributed by atoms with Gasteiger partial charge < -0.3 is 5.73 Å². The summed E-state index contributed by atoms with van der Waals surface area (Å²) in [6, 6.07) is 2.99. The van der Waals surface area contributed by atoms with Crippen molar-refractivity contribution in [2.45, 2.75) is 43.3 Å². The number of nitrogens with one attached hydrogen (secondary N) is 1. The number of nitrogen functional groups attached to an aromatic ring is 1. The highest BCUT2D eigenvalue weighted by atomic mass is 35.5. The van der Waals surface area contributed by atoms with Crippen LogP contribution in [0.1, 0.15) is 32.3 Å². The van der Waals surface area contributed by atoms with Crippen LogP contribution in [0.4, 0.5) is 5.69 Å². The minimum absolute atomic E-state index is 0.0844. The van der Waals surface area contributed by atoms with Crippen molar-refractivity contribution in [2.24, 2.45) is 0 Å². The number of thioether (sulfide) groups is 1. The maximum atomic E-state index is 12.5. The van der Waals surface area contributed by atoms with E-state index in [9.17, 15) is 8.42 Å². The number of aryl methyl sites for hydroxylation is 1. The van der Waals surface area contributed by atoms with Crippen LogP contribution in [0.3, 0.4) is 0 Å². The Morgan fingerprint density at radius 3 is 2.38 bits per heavy atom. The lowest BCUT2D eigenvalue weighted by atomic mass is 10.0. The Labute approximate surface area is 136 Å². The van der Waals surface area contributed by atoms with E-state index >= 15 is 0 Å². The Morgan fingerprint density at radius 2 is 1.90 bits per heavy atom. The van der Waals surface area contributed by atoms with Gasteiger partial charge in [-0.2, -0.15) is 11.8 Å². The summed E-state index contributed by atoms with van der Waals surface area (Å²) in [6.07, 6.45) is 3.80. The Bertz CT molecular complexity index is 591. The Kier molecular flexibility index (Phi) is 6.40. The van der Waals surface area contributed by atoms with Crippen molar-refractivity contribution in [1.82, 2.24) is 4.72 Å². The molecule has 0 heterocycles. The molecule has 0 aliphatic heterocycles. The second-order valence-corrected chi connectivity index (χ2v) is 8.47. The van der Waals surface area contributed by atoms with Crippen molar-refractivity contribution in [2.75, 3.05) is 18.5 Å². The summed E-state index contributed by atoms with van der Waals surface area (Å²) >= 11 is 7.60. The number of anilines is 1. The summed E-state index contributed by atoms with van der Waals surface area (Å²) in [6.45, 7) is 6.24. The lowest BCUT2D eigenvalue weighted by molar-refractivity contribution is 0.522. The molecule has 0 unspecified atom stereocenters. The Hall–Kier alpha value is -0.430. The predicted molar refractivity (Wildman–Crippen MR) is 92.6 cm³/mol. The molecule has 1 rings (SSSR count). The number of nitrogens with two attached hydrogens (primary N) is 1. The van der Waals surface area contributed by atoms with Gasteiger partial charge in [0.25, 0.3) is 0 Å². The first-order chi connectivity index (χ1) is 9.71. The van der Waals surface area contributed by atoms with E-state index in [0.29, 0.717) is 17.1 Å². The maximum absolute atomic E-state index is 12.5. The smallest absolute Gasteiger partial charge is 0.240 e. The van der Waals surface area contributed by atoms with Gasteiger partial charge in [-0.3, -0.25) is 0 Å². The highest BCUT2D eigenvalue weighted by molar-refractivity contribution is 8.00. The molecule has 0 bridgehead atoms. The van der Waals surface area contributed by atoms with Gasteiger partial charge in [-0.15, -0.1) is 0 Å². The molecule has 0 atom stereocenters. The Balaban J connectivity index is 3.05. The molecule has 4 nitrogen and oxygen atoms in total. The van der Waals surface area contributed by atoms with E-state index in [2.05, 4.69) is 18.6 Å². The van der Waals surface area contributed by atoms with Crippen molar-refractivity contribution < 1.29 is 8.42 Å². The van der Waals surface area contributed by atoms with Crippen LogP contribution >= 0.6 is 23.4 Å². The van der Waals surface area contributed by atoms with Crippen molar-refractivity contribution in [3.63, 3.8) is 0 Å². The zero-order chi connectivity index (χ0) is 16.3. The van der Waals surface area contributed by atoms with Crippen molar-refractivity contribution in [1.29, 1.82) is 0 Å². The molecule has 7 heteroatoms. The molecule has 0 fully saturated rings. The van der Waals surface area contributed by atoms with Crippen LogP contribution in [-0.4, -0.2) is 26.0 Å². The minimum atomic E-state index is -3.60. The van der Waals surface area contributed by atoms with Crippen LogP contribution in [0.25, 0.3) is 0 Å². The molecule has 3 N–H and O–H groups in total. The van der Waals surface area contributed by atoms with Gasteiger partial charge in [0.15, 0.2) is 0 Å². The first-order valence-electron chi connectivity index (χ1n) is 6.81. The molecule has 0 amide bonds. The summed E-state index contributed by atoms with van der Waals surface area (Å²) < 4.78 is 27.6. The van der Waals surface area contributed by atoms with E-state index in [1.807, 2.05) is 6.26 Å². The van der Waals surface area contributed by atoms with E-state index < -0.39 is 10.0 Å². The van der Waals surface area contributed by atoms with E-state index in [4.69, 9.17) is 17.3 Å². The summed E-state index contributed by atoms with van der Waals surface area (Å²) in [4.78, 5) is 0.187. The van der Waals surface area contributed by atoms with E-state index in [-0.39, 0.29) is 15.3 Å². The first kappa shape index (κ1) is 18.6. The van der Waals surface area contributed by atoms with Crippen molar-refractivity contribution in [3.8, 4) is 0 Å². The summed E-state index contributed by atoms with van der Waals surface area (Å²) in [5, 5.41) is 0.368. The molecule has 0 radical (unpaired) electrons. The number of halogens is 1. The van der Waals surface area contributed by atoms with E-state index in [0.717, 1.165) is 12.8 Å². The highest BCUT2D eigenvalue weighted by Gasteiger charge is 2.28. The predicted octanol–water partition coefficient (Wildman–Crippen LogP) is 3.43. The van der Waals surface area contributed by atoms with Crippen LogP contribution in [-0.2, 0) is 10.0 Å². The maximum Gasteiger partial charge on any atom is 0.240 e. The number of benzene rings is 1. The topological polar surface area (TPSA) is 72.2 Å². The average molecular weight is 351 g/mol. The fourth-order valence-electron chi connectivity index (χ4n) is 2.12. The molecule has 1 aromatic rings. The van der Waals surface area contributed by atoms with Gasteiger partial charge in [0.05, 0.1) is 15.6 Å². The van der Waals surface area contributed by atoms with Gasteiger partial charge in [-0.05, 0) is 43.7 Å². The number of hydrogen-bond acceptors (Lipinski definition) is 4. The van der Waals surface area contributed by atoms with Gasteiger partial charge in [0.1, 0.15) is 0 Å². The van der Waals surface area contributed by atoms with Crippen LogP contribution in [0.15, 0.2) is 17.0 Å². The number of rotatable bonds is 7. The second kappa shape index (κ2) is 7.22. The van der Waals surface area contributed by atoms with Crippen LogP contribution in [0.5, 0.6) is 0 Å². The fourth-order valence-corrected chi connectivity index (χ4v) is 4.61. The molecule has 0 saturated carbocycles. The van der Waals surface area contributed by atoms with Crippen molar-refractivity contribution in [3.05, 3.63) is 22.7 Å². The minimum Gasteiger partial charge on any atom is -0.397 e. The molecule has 0 aromatic heterocycles. The normalized spacial score (nSPS) is 12.6. The van der Waals surface area contributed by atoms with Crippen LogP contribution < -0.4 is 10.5 Å². The van der Waals surface area contributed by atoms with Gasteiger partial charge in [-0.1, -0.05) is 25.4 Å². The molecule has 1 aromatic carbocycles. The molecular weight excluding hydrogens is 328 g/mol. The number of sulfonamides is 1. The monoisotopic (exact) mass is 350 g/mol. The van der Waals surface area contributed by atoms with Gasteiger partial charge in [-0.25, -0.2) is 13.1 Å². The zero-order valence-corrected chi connectivity index (χ0v) is 15.3. The molecule has 21 heavy (non-hydrogen) atoms. The summed E-state index contributed by atoms with van der Waals surface area (Å²) in [5.74, 6) is 0.